The Balaban J connectivity index is 0.00000243. The van der Waals surface area contributed by atoms with Gasteiger partial charge in [0.05, 0.1) is 18.0 Å². The lowest BCUT2D eigenvalue weighted by atomic mass is 10.0. The topological polar surface area (TPSA) is 58.6 Å². The molecule has 2 aromatic carbocycles. The molecular formula is C19H25ClN2O3S. The molecule has 1 saturated heterocycles. The first-order valence-corrected chi connectivity index (χ1v) is 9.96. The van der Waals surface area contributed by atoms with Gasteiger partial charge in [0.1, 0.15) is 5.75 Å². The summed E-state index contributed by atoms with van der Waals surface area (Å²) in [6.45, 7) is 3.65. The van der Waals surface area contributed by atoms with E-state index < -0.39 is 10.0 Å². The van der Waals surface area contributed by atoms with Crippen molar-refractivity contribution in [1.82, 2.24) is 9.62 Å². The minimum atomic E-state index is -3.58. The number of methoxy groups -OCH3 is 1. The molecule has 2 aromatic rings. The number of rotatable bonds is 5. The smallest absolute Gasteiger partial charge is 0.243 e. The number of hydrogen-bond donors (Lipinski definition) is 1. The fraction of sp³-hybridized carbons (Fsp3) is 0.368. The van der Waals surface area contributed by atoms with E-state index in [-0.39, 0.29) is 18.4 Å². The van der Waals surface area contributed by atoms with Crippen LogP contribution in [0, 0.1) is 0 Å². The van der Waals surface area contributed by atoms with Crippen LogP contribution in [0.1, 0.15) is 24.1 Å². The van der Waals surface area contributed by atoms with Crippen LogP contribution in [0.2, 0.25) is 0 Å². The molecule has 5 nitrogen and oxygen atoms in total. The highest BCUT2D eigenvalue weighted by Gasteiger charge is 2.35. The molecule has 0 aromatic heterocycles. The normalized spacial score (nSPS) is 18.2. The van der Waals surface area contributed by atoms with Crippen molar-refractivity contribution in [2.45, 2.75) is 24.3 Å². The number of ether oxygens (including phenoxy) is 1. The summed E-state index contributed by atoms with van der Waals surface area (Å²) >= 11 is 0. The molecule has 1 heterocycles. The molecule has 142 valence electrons. The molecule has 3 rings (SSSR count). The lowest BCUT2D eigenvalue weighted by Crippen LogP contribution is -2.48. The van der Waals surface area contributed by atoms with E-state index in [2.05, 4.69) is 5.32 Å². The third kappa shape index (κ3) is 4.04. The number of halogens is 1. The summed E-state index contributed by atoms with van der Waals surface area (Å²) in [4.78, 5) is 0.355. The Morgan fingerprint density at radius 1 is 1.19 bits per heavy atom. The number of hydrogen-bond acceptors (Lipinski definition) is 4. The molecule has 1 N–H and O–H groups in total. The van der Waals surface area contributed by atoms with Crippen molar-refractivity contribution in [2.75, 3.05) is 26.7 Å². The molecule has 0 aliphatic carbocycles. The van der Waals surface area contributed by atoms with Crippen molar-refractivity contribution in [3.8, 4) is 5.75 Å². The monoisotopic (exact) mass is 396 g/mol. The molecule has 0 bridgehead atoms. The van der Waals surface area contributed by atoms with Gasteiger partial charge in [-0.3, -0.25) is 0 Å². The molecule has 0 amide bonds. The molecule has 1 aliphatic heterocycles. The molecule has 7 heteroatoms. The average Bonchev–Trinajstić information content (AvgIpc) is 2.68. The Labute approximate surface area is 161 Å². The summed E-state index contributed by atoms with van der Waals surface area (Å²) in [7, 11) is -1.97. The maximum Gasteiger partial charge on any atom is 0.243 e. The van der Waals surface area contributed by atoms with Crippen LogP contribution in [0.25, 0.3) is 0 Å². The summed E-state index contributed by atoms with van der Waals surface area (Å²) in [6.07, 6.45) is 0.806. The van der Waals surface area contributed by atoms with Gasteiger partial charge >= 0.3 is 0 Å². The zero-order valence-corrected chi connectivity index (χ0v) is 16.6. The van der Waals surface area contributed by atoms with Gasteiger partial charge in [-0.2, -0.15) is 4.31 Å². The van der Waals surface area contributed by atoms with Gasteiger partial charge in [0.25, 0.3) is 0 Å². The van der Waals surface area contributed by atoms with E-state index in [0.717, 1.165) is 17.5 Å². The predicted octanol–water partition coefficient (Wildman–Crippen LogP) is 3.01. The molecular weight excluding hydrogens is 372 g/mol. The number of aryl methyl sites for hydroxylation is 1. The van der Waals surface area contributed by atoms with Crippen LogP contribution in [0.4, 0.5) is 0 Å². The van der Waals surface area contributed by atoms with Gasteiger partial charge in [-0.1, -0.05) is 37.3 Å². The lowest BCUT2D eigenvalue weighted by Gasteiger charge is -2.36. The molecule has 1 atom stereocenters. The van der Waals surface area contributed by atoms with Gasteiger partial charge in [0.2, 0.25) is 10.0 Å². The maximum atomic E-state index is 13.3. The van der Waals surface area contributed by atoms with Crippen molar-refractivity contribution < 1.29 is 13.2 Å². The van der Waals surface area contributed by atoms with Gasteiger partial charge < -0.3 is 10.1 Å². The average molecular weight is 397 g/mol. The van der Waals surface area contributed by atoms with E-state index in [1.165, 1.54) is 0 Å². The van der Waals surface area contributed by atoms with Crippen LogP contribution >= 0.6 is 12.4 Å². The van der Waals surface area contributed by atoms with Gasteiger partial charge in [0, 0.05) is 25.2 Å². The second kappa shape index (κ2) is 8.86. The third-order valence-corrected chi connectivity index (χ3v) is 6.51. The summed E-state index contributed by atoms with van der Waals surface area (Å²) in [5.41, 5.74) is 1.90. The Kier molecular flexibility index (Phi) is 7.06. The van der Waals surface area contributed by atoms with Crippen LogP contribution in [-0.2, 0) is 16.4 Å². The summed E-state index contributed by atoms with van der Waals surface area (Å²) in [5.74, 6) is 0.707. The zero-order chi connectivity index (χ0) is 17.9. The largest absolute Gasteiger partial charge is 0.496 e. The molecule has 0 spiro atoms. The van der Waals surface area contributed by atoms with Crippen molar-refractivity contribution in [2.24, 2.45) is 0 Å². The number of sulfonamides is 1. The first-order valence-electron chi connectivity index (χ1n) is 8.52. The first kappa shape index (κ1) is 20.7. The molecule has 1 fully saturated rings. The molecule has 1 aliphatic rings. The lowest BCUT2D eigenvalue weighted by molar-refractivity contribution is 0.264. The summed E-state index contributed by atoms with van der Waals surface area (Å²) < 4.78 is 33.6. The van der Waals surface area contributed by atoms with Crippen LogP contribution in [0.5, 0.6) is 5.75 Å². The summed E-state index contributed by atoms with van der Waals surface area (Å²) in [6, 6.07) is 14.5. The van der Waals surface area contributed by atoms with Crippen LogP contribution in [0.15, 0.2) is 53.4 Å². The Bertz CT molecular complexity index is 842. The first-order chi connectivity index (χ1) is 12.1. The summed E-state index contributed by atoms with van der Waals surface area (Å²) in [5, 5.41) is 3.30. The number of para-hydroxylation sites is 1. The van der Waals surface area contributed by atoms with Gasteiger partial charge in [-0.25, -0.2) is 8.42 Å². The van der Waals surface area contributed by atoms with Crippen molar-refractivity contribution in [3.63, 3.8) is 0 Å². The van der Waals surface area contributed by atoms with Crippen LogP contribution < -0.4 is 10.1 Å². The van der Waals surface area contributed by atoms with Crippen molar-refractivity contribution in [3.05, 3.63) is 59.7 Å². The Hall–Kier alpha value is -1.60. The Morgan fingerprint density at radius 2 is 1.96 bits per heavy atom. The van der Waals surface area contributed by atoms with E-state index in [0.29, 0.717) is 30.3 Å². The second-order valence-corrected chi connectivity index (χ2v) is 7.97. The fourth-order valence-electron chi connectivity index (χ4n) is 3.24. The van der Waals surface area contributed by atoms with E-state index in [4.69, 9.17) is 4.74 Å². The molecule has 26 heavy (non-hydrogen) atoms. The van der Waals surface area contributed by atoms with Crippen molar-refractivity contribution in [1.29, 1.82) is 0 Å². The van der Waals surface area contributed by atoms with Crippen LogP contribution in [0.3, 0.4) is 0 Å². The highest BCUT2D eigenvalue weighted by molar-refractivity contribution is 7.89. The minimum absolute atomic E-state index is 0. The highest BCUT2D eigenvalue weighted by atomic mass is 35.5. The van der Waals surface area contributed by atoms with E-state index in [1.54, 1.807) is 23.5 Å². The van der Waals surface area contributed by atoms with Gasteiger partial charge in [-0.05, 0) is 30.2 Å². The number of piperazine rings is 1. The quantitative estimate of drug-likeness (QED) is 0.844. The number of nitrogens with one attached hydrogen (secondary N) is 1. The predicted molar refractivity (Wildman–Crippen MR) is 106 cm³/mol. The van der Waals surface area contributed by atoms with Crippen LogP contribution in [-0.4, -0.2) is 39.5 Å². The van der Waals surface area contributed by atoms with E-state index in [1.807, 2.05) is 43.3 Å². The maximum absolute atomic E-state index is 13.3. The number of benzene rings is 2. The van der Waals surface area contributed by atoms with E-state index >= 15 is 0 Å². The third-order valence-electron chi connectivity index (χ3n) is 4.61. The minimum Gasteiger partial charge on any atom is -0.496 e. The highest BCUT2D eigenvalue weighted by Crippen LogP contribution is 2.34. The fourth-order valence-corrected chi connectivity index (χ4v) is 4.92. The standard InChI is InChI=1S/C19H24N2O3S.ClH/c1-3-15-7-6-8-16(13-15)25(22,23)21-12-11-20-14-18(21)17-9-4-5-10-19(17)24-2;/h4-10,13,18,20H,3,11-12,14H2,1-2H3;1H. The zero-order valence-electron chi connectivity index (χ0n) is 15.0. The van der Waals surface area contributed by atoms with E-state index in [9.17, 15) is 8.42 Å². The SMILES string of the molecule is CCc1cccc(S(=O)(=O)N2CCNCC2c2ccccc2OC)c1.Cl. The molecule has 0 saturated carbocycles. The van der Waals surface area contributed by atoms with Gasteiger partial charge in [0.15, 0.2) is 0 Å². The number of nitrogens with zero attached hydrogens (tertiary/aromatic N) is 1. The van der Waals surface area contributed by atoms with Gasteiger partial charge in [-0.15, -0.1) is 12.4 Å². The molecule has 1 unspecified atom stereocenters. The second-order valence-electron chi connectivity index (χ2n) is 6.08. The molecule has 0 radical (unpaired) electrons. The van der Waals surface area contributed by atoms with Crippen molar-refractivity contribution >= 4 is 22.4 Å². The Morgan fingerprint density at radius 3 is 2.69 bits per heavy atom.